The molecule has 0 unspecified atom stereocenters. The van der Waals surface area contributed by atoms with Crippen LogP contribution in [0.2, 0.25) is 0 Å². The molecule has 0 bridgehead atoms. The molecule has 34 heavy (non-hydrogen) atoms. The molecule has 0 saturated heterocycles. The van der Waals surface area contributed by atoms with E-state index in [0.29, 0.717) is 0 Å². The van der Waals surface area contributed by atoms with Gasteiger partial charge in [-0.15, -0.1) is 0 Å². The molecule has 6 nitrogen and oxygen atoms in total. The Balaban J connectivity index is -0.000000105. The largest absolute Gasteiger partial charge is 0.673 e. The highest BCUT2D eigenvalue weighted by atomic mass is 19.5. The molecule has 0 aliphatic carbocycles. The number of likely N-dealkylation sites (N-methyl/N-ethyl adjacent to an activating group) is 6. The Bertz CT molecular complexity index is 312. The minimum atomic E-state index is -6.00. The Morgan fingerprint density at radius 3 is 0.618 bits per heavy atom. The van der Waals surface area contributed by atoms with Crippen LogP contribution in [0.5, 0.6) is 0 Å². The van der Waals surface area contributed by atoms with Crippen molar-refractivity contribution in [2.24, 2.45) is 0 Å². The highest BCUT2D eigenvalue weighted by molar-refractivity contribution is 6.50. The van der Waals surface area contributed by atoms with E-state index in [1.807, 2.05) is 0 Å². The van der Waals surface area contributed by atoms with Crippen LogP contribution in [-0.2, 0) is 0 Å². The number of halogens is 8. The van der Waals surface area contributed by atoms with E-state index < -0.39 is 14.5 Å². The highest BCUT2D eigenvalue weighted by Gasteiger charge is 2.21. The predicted molar refractivity (Wildman–Crippen MR) is 130 cm³/mol. The molecule has 0 aromatic carbocycles. The number of hydrogen-bond acceptors (Lipinski definition) is 4. The van der Waals surface area contributed by atoms with Gasteiger partial charge >= 0.3 is 14.5 Å². The van der Waals surface area contributed by atoms with Crippen molar-refractivity contribution in [2.45, 2.75) is 0 Å². The monoisotopic (exact) mass is 524 g/mol. The Labute approximate surface area is 203 Å². The van der Waals surface area contributed by atoms with Gasteiger partial charge in [0.15, 0.2) is 0 Å². The van der Waals surface area contributed by atoms with E-state index in [2.05, 4.69) is 104 Å². The van der Waals surface area contributed by atoms with E-state index in [1.165, 1.54) is 36.0 Å². The van der Waals surface area contributed by atoms with Crippen LogP contribution in [0, 0.1) is 0 Å². The van der Waals surface area contributed by atoms with E-state index in [9.17, 15) is 34.5 Å². The molecule has 16 heteroatoms. The van der Waals surface area contributed by atoms with Gasteiger partial charge in [-0.1, -0.05) is 0 Å². The standard InChI is InChI=1S/3C6H16N2.2BF4/c3*1-7(2)5-6-8(3)4;2*2-1(3,4)5/h3*5-6H2,1-4H3;;/q;;;2*-1/p+2. The first-order chi connectivity index (χ1) is 14.9. The molecule has 0 aliphatic heterocycles. The summed E-state index contributed by atoms with van der Waals surface area (Å²) in [4.78, 5) is 11.8. The van der Waals surface area contributed by atoms with Gasteiger partial charge in [0.25, 0.3) is 0 Å². The fourth-order valence-electron chi connectivity index (χ4n) is 1.29. The van der Waals surface area contributed by atoms with Crippen molar-refractivity contribution >= 4 is 14.5 Å². The quantitative estimate of drug-likeness (QED) is 0.330. The molecular formula is C18H50B2F8N6. The van der Waals surface area contributed by atoms with Crippen LogP contribution in [-0.4, -0.2) is 158 Å². The lowest BCUT2D eigenvalue weighted by Gasteiger charge is -2.13. The fraction of sp³-hybridized carbons (Fsp3) is 1.00. The van der Waals surface area contributed by atoms with Crippen LogP contribution >= 0.6 is 0 Å². The summed E-state index contributed by atoms with van der Waals surface area (Å²) in [5.41, 5.74) is 0. The zero-order valence-corrected chi connectivity index (χ0v) is 23.2. The predicted octanol–water partition coefficient (Wildman–Crippen LogP) is 0.0946. The Hall–Kier alpha value is -0.670. The summed E-state index contributed by atoms with van der Waals surface area (Å²) >= 11 is 0. The number of rotatable bonds is 9. The first-order valence-corrected chi connectivity index (χ1v) is 10.8. The Kier molecular flexibility index (Phi) is 32.5. The molecule has 0 rings (SSSR count). The van der Waals surface area contributed by atoms with Gasteiger partial charge in [-0.05, 0) is 56.4 Å². The maximum Gasteiger partial charge on any atom is 0.673 e. The summed E-state index contributed by atoms with van der Waals surface area (Å²) in [7, 11) is 13.4. The SMILES string of the molecule is CN(C)CCN(C)C.CN(C)CC[NH+](C)C.CN(C)CC[NH+](C)C.F[B-](F)(F)F.F[B-](F)(F)F. The lowest BCUT2D eigenvalue weighted by molar-refractivity contribution is -0.857. The first kappa shape index (κ1) is 43.4. The summed E-state index contributed by atoms with van der Waals surface area (Å²) < 4.78 is 78.0. The van der Waals surface area contributed by atoms with Crippen LogP contribution in [0.1, 0.15) is 0 Å². The molecule has 0 heterocycles. The Morgan fingerprint density at radius 2 is 0.559 bits per heavy atom. The lowest BCUT2D eigenvalue weighted by Crippen LogP contribution is -3.06. The van der Waals surface area contributed by atoms with Gasteiger partial charge in [0, 0.05) is 26.2 Å². The second-order valence-electron chi connectivity index (χ2n) is 9.12. The van der Waals surface area contributed by atoms with Crippen molar-refractivity contribution in [3.8, 4) is 0 Å². The zero-order valence-electron chi connectivity index (χ0n) is 23.2. The van der Waals surface area contributed by atoms with Gasteiger partial charge in [0.2, 0.25) is 0 Å². The first-order valence-electron chi connectivity index (χ1n) is 10.8. The van der Waals surface area contributed by atoms with E-state index in [4.69, 9.17) is 0 Å². The van der Waals surface area contributed by atoms with E-state index in [0.717, 1.165) is 13.1 Å². The van der Waals surface area contributed by atoms with Gasteiger partial charge in [-0.3, -0.25) is 0 Å². The zero-order chi connectivity index (χ0) is 28.7. The fourth-order valence-corrected chi connectivity index (χ4v) is 1.29. The van der Waals surface area contributed by atoms with Crippen LogP contribution in [0.25, 0.3) is 0 Å². The van der Waals surface area contributed by atoms with E-state index in [-0.39, 0.29) is 0 Å². The normalized spacial score (nSPS) is 11.5. The van der Waals surface area contributed by atoms with Crippen molar-refractivity contribution in [3.05, 3.63) is 0 Å². The van der Waals surface area contributed by atoms with Gasteiger partial charge < -0.3 is 63.9 Å². The van der Waals surface area contributed by atoms with E-state index in [1.54, 1.807) is 0 Å². The van der Waals surface area contributed by atoms with E-state index >= 15 is 0 Å². The number of hydrogen-bond donors (Lipinski definition) is 2. The average molecular weight is 524 g/mol. The maximum absolute atomic E-state index is 9.75. The molecule has 214 valence electrons. The third kappa shape index (κ3) is 140. The van der Waals surface area contributed by atoms with Crippen molar-refractivity contribution in [1.82, 2.24) is 19.6 Å². The molecular weight excluding hydrogens is 474 g/mol. The van der Waals surface area contributed by atoms with Crippen LogP contribution in [0.4, 0.5) is 34.5 Å². The molecule has 0 aromatic heterocycles. The average Bonchev–Trinajstić information content (AvgIpc) is 2.54. The van der Waals surface area contributed by atoms with Gasteiger partial charge in [-0.2, -0.15) is 0 Å². The number of nitrogens with zero attached hydrogens (tertiary/aromatic N) is 4. The maximum atomic E-state index is 9.75. The second-order valence-corrected chi connectivity index (χ2v) is 9.12. The number of quaternary nitrogens is 2. The summed E-state index contributed by atoms with van der Waals surface area (Å²) in [5, 5.41) is 0. The summed E-state index contributed by atoms with van der Waals surface area (Å²) in [6, 6.07) is 0. The van der Waals surface area contributed by atoms with Crippen molar-refractivity contribution in [2.75, 3.05) is 124 Å². The minimum absolute atomic E-state index is 1.15. The lowest BCUT2D eigenvalue weighted by atomic mass is 10.3. The van der Waals surface area contributed by atoms with Crippen LogP contribution in [0.3, 0.4) is 0 Å². The summed E-state index contributed by atoms with van der Waals surface area (Å²) in [5.74, 6) is 0. The van der Waals surface area contributed by atoms with Crippen molar-refractivity contribution in [3.63, 3.8) is 0 Å². The van der Waals surface area contributed by atoms with Gasteiger partial charge in [0.05, 0.1) is 41.3 Å². The molecule has 0 amide bonds. The van der Waals surface area contributed by atoms with Crippen molar-refractivity contribution in [1.29, 1.82) is 0 Å². The molecule has 0 fully saturated rings. The molecule has 0 spiro atoms. The van der Waals surface area contributed by atoms with Crippen molar-refractivity contribution < 1.29 is 44.3 Å². The smallest absolute Gasteiger partial charge is 0.418 e. The molecule has 0 radical (unpaired) electrons. The second kappa shape index (κ2) is 25.4. The summed E-state index contributed by atoms with van der Waals surface area (Å²) in [6.45, 7) is 7.12. The van der Waals surface area contributed by atoms with Gasteiger partial charge in [0.1, 0.15) is 0 Å². The summed E-state index contributed by atoms with van der Waals surface area (Å²) in [6.07, 6.45) is 0. The molecule has 0 atom stereocenters. The molecule has 2 N–H and O–H groups in total. The third-order valence-corrected chi connectivity index (χ3v) is 3.11. The topological polar surface area (TPSA) is 21.8 Å². The van der Waals surface area contributed by atoms with Gasteiger partial charge in [-0.25, -0.2) is 0 Å². The molecule has 0 saturated carbocycles. The van der Waals surface area contributed by atoms with Crippen LogP contribution < -0.4 is 9.80 Å². The highest BCUT2D eigenvalue weighted by Crippen LogP contribution is 2.07. The Morgan fingerprint density at radius 1 is 0.412 bits per heavy atom. The number of nitrogens with one attached hydrogen (secondary N) is 2. The minimum Gasteiger partial charge on any atom is -0.418 e. The molecule has 0 aliphatic rings. The van der Waals surface area contributed by atoms with Crippen LogP contribution in [0.15, 0.2) is 0 Å². The third-order valence-electron chi connectivity index (χ3n) is 3.11. The molecule has 0 aromatic rings.